The fourth-order valence-corrected chi connectivity index (χ4v) is 9.98. The third kappa shape index (κ3) is 8.80. The van der Waals surface area contributed by atoms with Gasteiger partial charge < -0.3 is 31.1 Å². The van der Waals surface area contributed by atoms with E-state index in [-0.39, 0.29) is 60.2 Å². The molecule has 2 aromatic carbocycles. The summed E-state index contributed by atoms with van der Waals surface area (Å²) in [5.41, 5.74) is 11.5. The Morgan fingerprint density at radius 2 is 1.70 bits per heavy atom. The van der Waals surface area contributed by atoms with Crippen LogP contribution in [0.3, 0.4) is 0 Å². The first-order valence-corrected chi connectivity index (χ1v) is 22.2. The number of amidine groups is 1. The van der Waals surface area contributed by atoms with Crippen molar-refractivity contribution in [3.8, 4) is 0 Å². The quantitative estimate of drug-likeness (QED) is 0.0961. The van der Waals surface area contributed by atoms with Gasteiger partial charge in [0.2, 0.25) is 23.6 Å². The number of aromatic nitrogens is 2. The Morgan fingerprint density at radius 3 is 2.41 bits per heavy atom. The molecule has 342 valence electrons. The number of amides is 4. The molecule has 5 aliphatic heterocycles. The number of alkyl halides is 2. The summed E-state index contributed by atoms with van der Waals surface area (Å²) in [7, 11) is 3.38. The molecule has 6 N–H and O–H groups in total. The van der Waals surface area contributed by atoms with Crippen molar-refractivity contribution in [3.63, 3.8) is 0 Å². The second-order valence-electron chi connectivity index (χ2n) is 17.4. The highest BCUT2D eigenvalue weighted by molar-refractivity contribution is 6.11. The SMILES string of the molecule is CN/C=C(\CN)c1cc2c(cc1C(F)F)N(C(=N)C1=C(NC3CCN(C(=O)CCN4CCN(Cc5ccc6c(c5)n(C)c(=O)n6C5CCC(=O)NC5=O)C4)CC3)CCN1C(C)=O)CC2. The second-order valence-corrected chi connectivity index (χ2v) is 17.4. The molecule has 3 fully saturated rings. The van der Waals surface area contributed by atoms with Gasteiger partial charge in [0.25, 0.3) is 6.43 Å². The van der Waals surface area contributed by atoms with Crippen molar-refractivity contribution in [2.24, 2.45) is 12.8 Å². The minimum absolute atomic E-state index is 0.0334. The minimum atomic E-state index is -2.75. The van der Waals surface area contributed by atoms with Crippen molar-refractivity contribution >= 4 is 51.8 Å². The van der Waals surface area contributed by atoms with Gasteiger partial charge in [-0.15, -0.1) is 0 Å². The van der Waals surface area contributed by atoms with Crippen LogP contribution in [0.5, 0.6) is 0 Å². The summed E-state index contributed by atoms with van der Waals surface area (Å²) in [6, 6.07) is 8.35. The van der Waals surface area contributed by atoms with Crippen LogP contribution in [0.15, 0.2) is 52.7 Å². The van der Waals surface area contributed by atoms with Gasteiger partial charge in [-0.25, -0.2) is 13.6 Å². The summed E-state index contributed by atoms with van der Waals surface area (Å²) in [4.78, 5) is 73.6. The Balaban J connectivity index is 0.846. The van der Waals surface area contributed by atoms with Crippen LogP contribution in [0.2, 0.25) is 0 Å². The van der Waals surface area contributed by atoms with Crippen molar-refractivity contribution in [2.75, 3.05) is 71.0 Å². The number of nitrogens with one attached hydrogen (secondary N) is 4. The number of aryl methyl sites for hydroxylation is 1. The molecule has 5 aliphatic rings. The predicted molar refractivity (Wildman–Crippen MR) is 238 cm³/mol. The fourth-order valence-electron chi connectivity index (χ4n) is 9.98. The number of carbonyl (C=O) groups is 4. The van der Waals surface area contributed by atoms with Gasteiger partial charge in [-0.1, -0.05) is 6.07 Å². The van der Waals surface area contributed by atoms with Gasteiger partial charge in [-0.3, -0.25) is 48.8 Å². The van der Waals surface area contributed by atoms with Gasteiger partial charge in [0.15, 0.2) is 5.84 Å². The lowest BCUT2D eigenvalue weighted by Crippen LogP contribution is -2.46. The number of fused-ring (bicyclic) bond motifs is 2. The molecule has 3 aromatic rings. The highest BCUT2D eigenvalue weighted by atomic mass is 19.3. The molecule has 1 aromatic heterocycles. The molecule has 0 aliphatic carbocycles. The highest BCUT2D eigenvalue weighted by Crippen LogP contribution is 2.39. The van der Waals surface area contributed by atoms with Crippen molar-refractivity contribution in [2.45, 2.75) is 76.9 Å². The summed E-state index contributed by atoms with van der Waals surface area (Å²) >= 11 is 0. The first-order valence-electron chi connectivity index (χ1n) is 22.2. The van der Waals surface area contributed by atoms with Gasteiger partial charge in [-0.05, 0) is 72.2 Å². The van der Waals surface area contributed by atoms with E-state index in [1.165, 1.54) is 17.6 Å². The highest BCUT2D eigenvalue weighted by Gasteiger charge is 2.37. The molecular formula is C45H58F2N12O5. The average Bonchev–Trinajstić information content (AvgIpc) is 4.07. The van der Waals surface area contributed by atoms with E-state index in [1.807, 2.05) is 23.1 Å². The van der Waals surface area contributed by atoms with E-state index in [4.69, 9.17) is 5.73 Å². The van der Waals surface area contributed by atoms with Crippen molar-refractivity contribution in [1.82, 2.24) is 44.7 Å². The third-order valence-electron chi connectivity index (χ3n) is 13.4. The molecule has 6 heterocycles. The monoisotopic (exact) mass is 884 g/mol. The van der Waals surface area contributed by atoms with E-state index >= 15 is 0 Å². The molecular weight excluding hydrogens is 827 g/mol. The molecule has 0 spiro atoms. The number of piperidine rings is 2. The first kappa shape index (κ1) is 44.7. The number of hydrogen-bond acceptors (Lipinski definition) is 11. The zero-order valence-corrected chi connectivity index (χ0v) is 36.7. The third-order valence-corrected chi connectivity index (χ3v) is 13.4. The number of rotatable bonds is 13. The number of carbonyl (C=O) groups excluding carboxylic acids is 4. The van der Waals surface area contributed by atoms with E-state index in [9.17, 15) is 38.2 Å². The van der Waals surface area contributed by atoms with Crippen molar-refractivity contribution in [1.29, 1.82) is 5.41 Å². The number of anilines is 1. The Labute approximate surface area is 370 Å². The van der Waals surface area contributed by atoms with Crippen LogP contribution in [0.25, 0.3) is 16.6 Å². The summed E-state index contributed by atoms with van der Waals surface area (Å²) in [6.07, 6.45) is 2.25. The van der Waals surface area contributed by atoms with Gasteiger partial charge in [0.05, 0.1) is 17.7 Å². The van der Waals surface area contributed by atoms with Gasteiger partial charge in [0, 0.05) is 128 Å². The normalized spacial score (nSPS) is 20.3. The molecule has 17 nitrogen and oxygen atoms in total. The second kappa shape index (κ2) is 18.7. The number of nitrogens with two attached hydrogens (primary N) is 1. The topological polar surface area (TPSA) is 197 Å². The predicted octanol–water partition coefficient (Wildman–Crippen LogP) is 2.32. The number of imidazole rings is 1. The number of nitrogens with zero attached hydrogens (tertiary/aromatic N) is 7. The zero-order valence-electron chi connectivity index (χ0n) is 36.7. The molecule has 0 saturated carbocycles. The largest absolute Gasteiger partial charge is 0.394 e. The van der Waals surface area contributed by atoms with Crippen molar-refractivity contribution in [3.05, 3.63) is 80.7 Å². The van der Waals surface area contributed by atoms with Crippen LogP contribution in [-0.2, 0) is 39.2 Å². The van der Waals surface area contributed by atoms with Crippen LogP contribution in [-0.4, -0.2) is 130 Å². The lowest BCUT2D eigenvalue weighted by molar-refractivity contribution is -0.136. The Hall–Kier alpha value is -5.92. The lowest BCUT2D eigenvalue weighted by atomic mass is 9.96. The summed E-state index contributed by atoms with van der Waals surface area (Å²) < 4.78 is 31.9. The number of benzene rings is 2. The maximum absolute atomic E-state index is 14.5. The maximum atomic E-state index is 14.5. The molecule has 3 saturated heterocycles. The van der Waals surface area contributed by atoms with Gasteiger partial charge in [0.1, 0.15) is 11.7 Å². The molecule has 64 heavy (non-hydrogen) atoms. The van der Waals surface area contributed by atoms with Gasteiger partial charge in [-0.2, -0.15) is 0 Å². The van der Waals surface area contributed by atoms with Crippen LogP contribution < -0.4 is 32.3 Å². The molecule has 0 radical (unpaired) electrons. The molecule has 0 bridgehead atoms. The minimum Gasteiger partial charge on any atom is -0.394 e. The molecule has 4 amide bonds. The Bertz CT molecular complexity index is 2490. The van der Waals surface area contributed by atoms with Crippen LogP contribution in [0, 0.1) is 5.41 Å². The number of hydrogen-bond donors (Lipinski definition) is 5. The van der Waals surface area contributed by atoms with Gasteiger partial charge >= 0.3 is 5.69 Å². The van der Waals surface area contributed by atoms with E-state index < -0.39 is 18.4 Å². The summed E-state index contributed by atoms with van der Waals surface area (Å²) in [6.45, 7) is 7.22. The van der Waals surface area contributed by atoms with E-state index in [2.05, 4.69) is 25.8 Å². The number of imide groups is 1. The molecule has 1 atom stereocenters. The average molecular weight is 885 g/mol. The van der Waals surface area contributed by atoms with E-state index in [1.54, 1.807) is 40.7 Å². The molecule has 1 unspecified atom stereocenters. The summed E-state index contributed by atoms with van der Waals surface area (Å²) in [5.74, 6) is -0.784. The Morgan fingerprint density at radius 1 is 0.953 bits per heavy atom. The number of likely N-dealkylation sites (tertiary alicyclic amines) is 1. The summed E-state index contributed by atoms with van der Waals surface area (Å²) in [5, 5.41) is 18.2. The van der Waals surface area contributed by atoms with Crippen LogP contribution in [0.1, 0.15) is 80.2 Å². The Kier molecular flexibility index (Phi) is 13.0. The van der Waals surface area contributed by atoms with Crippen LogP contribution in [0.4, 0.5) is 14.5 Å². The lowest BCUT2D eigenvalue weighted by Gasteiger charge is -2.34. The number of halogens is 2. The van der Waals surface area contributed by atoms with Crippen molar-refractivity contribution < 1.29 is 28.0 Å². The molecule has 8 rings (SSSR count). The first-order chi connectivity index (χ1) is 30.8. The fraction of sp³-hybridized carbons (Fsp3) is 0.511. The molecule has 19 heteroatoms. The van der Waals surface area contributed by atoms with E-state index in [0.717, 1.165) is 35.4 Å². The zero-order chi connectivity index (χ0) is 45.4. The van der Waals surface area contributed by atoms with Crippen LogP contribution >= 0.6 is 0 Å². The standard InChI is InChI=1S/C45H58F2N12O5/c1-27(60)57-17-11-34(41(57)43(49)58-16-8-29-21-32(30(23-48)24-50-2)33(42(46)47)22-37(29)58)51-31-9-14-56(15-10-31)40(62)12-13-54-18-19-55(26-54)25-28-4-5-35-38(20-28)53(3)45(64)59(35)36-6-7-39(61)52-44(36)63/h4-5,20-22,24,31,36,42,49-51H,6-19,23,25-26,48H2,1-3H3,(H,52,61,63)/b30-24+,49-43?. The maximum Gasteiger partial charge on any atom is 0.329 e. The smallest absolute Gasteiger partial charge is 0.329 e. The van der Waals surface area contributed by atoms with E-state index in [0.29, 0.717) is 106 Å².